The first-order valence-electron chi connectivity index (χ1n) is 11.1. The molecule has 0 bridgehead atoms. The molecular weight excluding hydrogens is 436 g/mol. The molecule has 1 heterocycles. The van der Waals surface area contributed by atoms with Crippen molar-refractivity contribution >= 4 is 46.7 Å². The minimum Gasteiger partial charge on any atom is -0.423 e. The molecule has 0 aromatic heterocycles. The van der Waals surface area contributed by atoms with Crippen LogP contribution >= 0.6 is 0 Å². The van der Waals surface area contributed by atoms with E-state index in [2.05, 4.69) is 0 Å². The van der Waals surface area contributed by atoms with Crippen LogP contribution in [0, 0.1) is 11.6 Å². The number of hydrogen-bond acceptors (Lipinski definition) is 4. The lowest BCUT2D eigenvalue weighted by molar-refractivity contribution is 0.00578. The molecule has 8 heteroatoms. The first-order valence-corrected chi connectivity index (χ1v) is 11.1. The van der Waals surface area contributed by atoms with E-state index in [4.69, 9.17) is 19.4 Å². The van der Waals surface area contributed by atoms with Crippen molar-refractivity contribution in [1.29, 1.82) is 0 Å². The highest BCUT2D eigenvalue weighted by atomic mass is 19.1. The molecule has 0 atom stereocenters. The fraction of sp³-hybridized carbons (Fsp3) is 0.231. The molecule has 1 aliphatic rings. The molecule has 0 spiro atoms. The van der Waals surface area contributed by atoms with Gasteiger partial charge in [-0.1, -0.05) is 60.7 Å². The van der Waals surface area contributed by atoms with Crippen LogP contribution in [0.15, 0.2) is 72.8 Å². The van der Waals surface area contributed by atoms with E-state index < -0.39 is 31.3 Å². The summed E-state index contributed by atoms with van der Waals surface area (Å²) < 4.78 is 39.4. The van der Waals surface area contributed by atoms with Gasteiger partial charge in [0.2, 0.25) is 0 Å². The van der Waals surface area contributed by atoms with Gasteiger partial charge >= 0.3 is 14.2 Å². The maximum atomic E-state index is 14.3. The normalized spacial score (nSPS) is 16.4. The molecule has 0 aliphatic carbocycles. The molecule has 0 saturated carbocycles. The van der Waals surface area contributed by atoms with Crippen molar-refractivity contribution in [2.45, 2.75) is 38.9 Å². The summed E-state index contributed by atoms with van der Waals surface area (Å²) in [4.78, 5) is 0. The monoisotopic (exact) mass is 462 g/mol. The standard InChI is InChI=1S/C16H18BFO2.C10H8BFO2/c1-15(2)16(3,4)20-17(19-15)13-9-11-7-5-6-8-12(11)10-14(13)18;12-10-6-8-4-2-1-3-7(8)5-9(10)11(13)14/h5-10H,1-4H3;1-6,13-14H. The van der Waals surface area contributed by atoms with Crippen molar-refractivity contribution in [3.05, 3.63) is 84.4 Å². The summed E-state index contributed by atoms with van der Waals surface area (Å²) in [5.41, 5.74) is -0.558. The first-order chi connectivity index (χ1) is 16.0. The van der Waals surface area contributed by atoms with Crippen molar-refractivity contribution in [2.24, 2.45) is 0 Å². The van der Waals surface area contributed by atoms with Crippen LogP contribution in [0.3, 0.4) is 0 Å². The minimum absolute atomic E-state index is 0.0938. The molecule has 1 saturated heterocycles. The Labute approximate surface area is 198 Å². The zero-order chi connectivity index (χ0) is 24.7. The zero-order valence-corrected chi connectivity index (χ0v) is 19.5. The Bertz CT molecular complexity index is 1330. The topological polar surface area (TPSA) is 58.9 Å². The fourth-order valence-electron chi connectivity index (χ4n) is 3.81. The average Bonchev–Trinajstić information content (AvgIpc) is 2.99. The molecule has 34 heavy (non-hydrogen) atoms. The molecule has 1 aliphatic heterocycles. The van der Waals surface area contributed by atoms with E-state index in [0.717, 1.165) is 21.5 Å². The van der Waals surface area contributed by atoms with Crippen molar-refractivity contribution in [3.8, 4) is 0 Å². The second kappa shape index (κ2) is 9.12. The molecule has 0 unspecified atom stereocenters. The maximum absolute atomic E-state index is 14.3. The van der Waals surface area contributed by atoms with Crippen molar-refractivity contribution < 1.29 is 28.1 Å². The lowest BCUT2D eigenvalue weighted by atomic mass is 9.77. The Kier molecular flexibility index (Phi) is 6.53. The summed E-state index contributed by atoms with van der Waals surface area (Å²) in [6, 6.07) is 21.0. The van der Waals surface area contributed by atoms with Gasteiger partial charge in [-0.2, -0.15) is 0 Å². The second-order valence-corrected chi connectivity index (χ2v) is 9.40. The van der Waals surface area contributed by atoms with Gasteiger partial charge in [0.25, 0.3) is 0 Å². The number of hydrogen-bond donors (Lipinski definition) is 2. The van der Waals surface area contributed by atoms with Gasteiger partial charge in [-0.15, -0.1) is 0 Å². The van der Waals surface area contributed by atoms with Gasteiger partial charge in [-0.05, 0) is 61.4 Å². The molecule has 4 aromatic rings. The predicted molar refractivity (Wildman–Crippen MR) is 133 cm³/mol. The first kappa shape index (κ1) is 24.4. The van der Waals surface area contributed by atoms with Crippen molar-refractivity contribution in [3.63, 3.8) is 0 Å². The molecule has 4 nitrogen and oxygen atoms in total. The van der Waals surface area contributed by atoms with Gasteiger partial charge in [-0.3, -0.25) is 0 Å². The van der Waals surface area contributed by atoms with E-state index in [1.54, 1.807) is 18.2 Å². The molecule has 2 N–H and O–H groups in total. The van der Waals surface area contributed by atoms with Crippen molar-refractivity contribution in [2.75, 3.05) is 0 Å². The van der Waals surface area contributed by atoms with Crippen LogP contribution in [0.4, 0.5) is 8.78 Å². The van der Waals surface area contributed by atoms with Gasteiger partial charge < -0.3 is 19.4 Å². The van der Waals surface area contributed by atoms with Crippen LogP contribution in [0.25, 0.3) is 21.5 Å². The molecule has 4 aromatic carbocycles. The minimum atomic E-state index is -1.76. The van der Waals surface area contributed by atoms with Gasteiger partial charge in [-0.25, -0.2) is 8.78 Å². The molecular formula is C26H26B2F2O4. The van der Waals surface area contributed by atoms with Gasteiger partial charge in [0, 0.05) is 10.9 Å². The van der Waals surface area contributed by atoms with E-state index in [0.29, 0.717) is 5.46 Å². The van der Waals surface area contributed by atoms with E-state index >= 15 is 0 Å². The van der Waals surface area contributed by atoms with E-state index in [-0.39, 0.29) is 11.3 Å². The highest BCUT2D eigenvalue weighted by Gasteiger charge is 2.52. The van der Waals surface area contributed by atoms with Crippen LogP contribution in [-0.2, 0) is 9.31 Å². The Morgan fingerprint density at radius 3 is 1.56 bits per heavy atom. The smallest absolute Gasteiger partial charge is 0.423 e. The Balaban J connectivity index is 0.000000172. The van der Waals surface area contributed by atoms with Crippen LogP contribution in [0.1, 0.15) is 27.7 Å². The summed E-state index contributed by atoms with van der Waals surface area (Å²) in [7, 11) is -2.43. The molecule has 1 fully saturated rings. The van der Waals surface area contributed by atoms with Crippen LogP contribution in [0.2, 0.25) is 0 Å². The summed E-state index contributed by atoms with van der Waals surface area (Å²) in [6.07, 6.45) is 0. The quantitative estimate of drug-likeness (QED) is 0.444. The van der Waals surface area contributed by atoms with Crippen LogP contribution in [0.5, 0.6) is 0 Å². The molecule has 0 amide bonds. The lowest BCUT2D eigenvalue weighted by Gasteiger charge is -2.32. The van der Waals surface area contributed by atoms with Crippen LogP contribution in [-0.4, -0.2) is 35.5 Å². The SMILES string of the molecule is CC1(C)OB(c2cc3ccccc3cc2F)OC1(C)C.OB(O)c1cc2ccccc2cc1F. The number of rotatable bonds is 2. The number of benzene rings is 4. The third kappa shape index (κ3) is 4.72. The molecule has 0 radical (unpaired) electrons. The van der Waals surface area contributed by atoms with Gasteiger partial charge in [0.05, 0.1) is 11.2 Å². The summed E-state index contributed by atoms with van der Waals surface area (Å²) in [5, 5.41) is 21.2. The summed E-state index contributed by atoms with van der Waals surface area (Å²) in [6.45, 7) is 7.86. The third-order valence-corrected chi connectivity index (χ3v) is 6.52. The summed E-state index contributed by atoms with van der Waals surface area (Å²) >= 11 is 0. The third-order valence-electron chi connectivity index (χ3n) is 6.52. The Morgan fingerprint density at radius 1 is 0.676 bits per heavy atom. The Morgan fingerprint density at radius 2 is 1.09 bits per heavy atom. The predicted octanol–water partition coefficient (Wildman–Crippen LogP) is 3.94. The van der Waals surface area contributed by atoms with Crippen molar-refractivity contribution in [1.82, 2.24) is 0 Å². The highest BCUT2D eigenvalue weighted by molar-refractivity contribution is 6.62. The van der Waals surface area contributed by atoms with Crippen LogP contribution < -0.4 is 10.9 Å². The van der Waals surface area contributed by atoms with E-state index in [1.165, 1.54) is 18.2 Å². The highest BCUT2D eigenvalue weighted by Crippen LogP contribution is 2.36. The zero-order valence-electron chi connectivity index (χ0n) is 19.5. The molecule has 174 valence electrons. The van der Waals surface area contributed by atoms with E-state index in [9.17, 15) is 8.78 Å². The van der Waals surface area contributed by atoms with Gasteiger partial charge in [0.15, 0.2) is 0 Å². The maximum Gasteiger partial charge on any atom is 0.497 e. The second-order valence-electron chi connectivity index (χ2n) is 9.40. The number of halogens is 2. The van der Waals surface area contributed by atoms with E-state index in [1.807, 2.05) is 64.1 Å². The largest absolute Gasteiger partial charge is 0.497 e. The Hall–Kier alpha value is -2.77. The molecule has 5 rings (SSSR count). The lowest BCUT2D eigenvalue weighted by Crippen LogP contribution is -2.41. The summed E-state index contributed by atoms with van der Waals surface area (Å²) in [5.74, 6) is -0.888. The van der Waals surface area contributed by atoms with Gasteiger partial charge in [0.1, 0.15) is 11.6 Å². The average molecular weight is 462 g/mol. The number of fused-ring (bicyclic) bond motifs is 2. The fourth-order valence-corrected chi connectivity index (χ4v) is 3.81.